The summed E-state index contributed by atoms with van der Waals surface area (Å²) < 4.78 is 5.61. The van der Waals surface area contributed by atoms with Crippen molar-refractivity contribution < 1.29 is 4.42 Å². The van der Waals surface area contributed by atoms with Crippen molar-refractivity contribution in [3.63, 3.8) is 0 Å². The van der Waals surface area contributed by atoms with Crippen LogP contribution in [0.2, 0.25) is 0 Å². The molecule has 0 radical (unpaired) electrons. The van der Waals surface area contributed by atoms with Crippen LogP contribution in [-0.4, -0.2) is 9.97 Å². The molecule has 0 aliphatic rings. The van der Waals surface area contributed by atoms with Crippen LogP contribution in [-0.2, 0) is 0 Å². The van der Waals surface area contributed by atoms with Crippen molar-refractivity contribution in [2.45, 2.75) is 39.5 Å². The van der Waals surface area contributed by atoms with Gasteiger partial charge >= 0.3 is 0 Å². The van der Waals surface area contributed by atoms with Crippen LogP contribution in [0.15, 0.2) is 4.42 Å². The van der Waals surface area contributed by atoms with Gasteiger partial charge < -0.3 is 4.42 Å². The van der Waals surface area contributed by atoms with Gasteiger partial charge in [-0.05, 0) is 0 Å². The van der Waals surface area contributed by atoms with E-state index in [0.717, 1.165) is 21.4 Å². The molecule has 14 heavy (non-hydrogen) atoms. The first-order chi connectivity index (χ1) is 6.58. The summed E-state index contributed by atoms with van der Waals surface area (Å²) in [4.78, 5) is 9.64. The van der Waals surface area contributed by atoms with E-state index in [9.17, 15) is 0 Å². The van der Waals surface area contributed by atoms with E-state index in [1.54, 1.807) is 11.3 Å². The number of oxazole rings is 1. The molecule has 0 saturated carbocycles. The lowest BCUT2D eigenvalue weighted by Crippen LogP contribution is -1.87. The highest BCUT2D eigenvalue weighted by Gasteiger charge is 2.15. The molecule has 2 heterocycles. The molecular formula is C10H14N2OS. The topological polar surface area (TPSA) is 38.9 Å². The van der Waals surface area contributed by atoms with Gasteiger partial charge in [0.15, 0.2) is 0 Å². The zero-order valence-electron chi connectivity index (χ0n) is 8.87. The van der Waals surface area contributed by atoms with Crippen LogP contribution in [0.3, 0.4) is 0 Å². The summed E-state index contributed by atoms with van der Waals surface area (Å²) in [5.74, 6) is 1.57. The lowest BCUT2D eigenvalue weighted by atomic mass is 10.2. The van der Waals surface area contributed by atoms with Gasteiger partial charge in [0.1, 0.15) is 5.01 Å². The fraction of sp³-hybridized carbons (Fsp3) is 0.600. The fourth-order valence-corrected chi connectivity index (χ4v) is 2.03. The Morgan fingerprint density at radius 1 is 1.07 bits per heavy atom. The lowest BCUT2D eigenvalue weighted by Gasteiger charge is -1.96. The second-order valence-electron chi connectivity index (χ2n) is 4.02. The van der Waals surface area contributed by atoms with Crippen molar-refractivity contribution in [2.75, 3.05) is 0 Å². The minimum absolute atomic E-state index is 0.332. The molecule has 0 aliphatic carbocycles. The first kappa shape index (κ1) is 9.65. The lowest BCUT2D eigenvalue weighted by molar-refractivity contribution is 0.505. The van der Waals surface area contributed by atoms with Gasteiger partial charge in [-0.3, -0.25) is 0 Å². The zero-order valence-corrected chi connectivity index (χ0v) is 9.68. The highest BCUT2D eigenvalue weighted by Crippen LogP contribution is 2.29. The average molecular weight is 210 g/mol. The maximum Gasteiger partial charge on any atom is 0.229 e. The van der Waals surface area contributed by atoms with Gasteiger partial charge in [-0.2, -0.15) is 4.98 Å². The Balaban J connectivity index is 2.45. The summed E-state index contributed by atoms with van der Waals surface area (Å²) in [5.41, 5.74) is 0.766. The molecule has 2 rings (SSSR count). The van der Waals surface area contributed by atoms with E-state index in [2.05, 4.69) is 37.7 Å². The number of rotatable bonds is 2. The molecule has 0 N–H and O–H groups in total. The van der Waals surface area contributed by atoms with Gasteiger partial charge in [0.05, 0.1) is 0 Å². The summed E-state index contributed by atoms with van der Waals surface area (Å²) in [7, 11) is 0. The number of thiazole rings is 1. The van der Waals surface area contributed by atoms with Crippen molar-refractivity contribution in [3.8, 4) is 0 Å². The monoisotopic (exact) mass is 210 g/mol. The molecule has 0 bridgehead atoms. The third kappa shape index (κ3) is 1.54. The van der Waals surface area contributed by atoms with E-state index in [0.29, 0.717) is 11.8 Å². The first-order valence-electron chi connectivity index (χ1n) is 4.85. The summed E-state index contributed by atoms with van der Waals surface area (Å²) in [5, 5.41) is 1.10. The predicted octanol–water partition coefficient (Wildman–Crippen LogP) is 3.53. The highest BCUT2D eigenvalue weighted by atomic mass is 32.1. The molecule has 0 unspecified atom stereocenters. The molecule has 0 atom stereocenters. The van der Waals surface area contributed by atoms with Gasteiger partial charge in [-0.25, -0.2) is 4.98 Å². The second-order valence-corrected chi connectivity index (χ2v) is 5.02. The van der Waals surface area contributed by atoms with E-state index < -0.39 is 0 Å². The third-order valence-corrected chi connectivity index (χ3v) is 3.22. The van der Waals surface area contributed by atoms with Crippen LogP contribution in [0.25, 0.3) is 10.5 Å². The van der Waals surface area contributed by atoms with Crippen LogP contribution in [0.5, 0.6) is 0 Å². The van der Waals surface area contributed by atoms with Crippen LogP contribution in [0, 0.1) is 0 Å². The van der Waals surface area contributed by atoms with E-state index in [-0.39, 0.29) is 0 Å². The molecule has 0 aliphatic heterocycles. The number of fused-ring (bicyclic) bond motifs is 1. The summed E-state index contributed by atoms with van der Waals surface area (Å²) in [6, 6.07) is 0. The average Bonchev–Trinajstić information content (AvgIpc) is 2.57. The zero-order chi connectivity index (χ0) is 10.3. The summed E-state index contributed by atoms with van der Waals surface area (Å²) >= 11 is 1.60. The van der Waals surface area contributed by atoms with Crippen LogP contribution < -0.4 is 0 Å². The minimum Gasteiger partial charge on any atom is -0.428 e. The summed E-state index contributed by atoms with van der Waals surface area (Å²) in [6.45, 7) is 8.39. The maximum atomic E-state index is 5.61. The molecule has 76 valence electrons. The Labute approximate surface area is 87.2 Å². The number of hydrogen-bond acceptors (Lipinski definition) is 4. The van der Waals surface area contributed by atoms with E-state index >= 15 is 0 Å². The minimum atomic E-state index is 0.332. The van der Waals surface area contributed by atoms with Crippen molar-refractivity contribution >= 4 is 21.9 Å². The van der Waals surface area contributed by atoms with Crippen molar-refractivity contribution in [2.24, 2.45) is 0 Å². The van der Waals surface area contributed by atoms with E-state index in [1.807, 2.05) is 0 Å². The second kappa shape index (κ2) is 3.35. The maximum absolute atomic E-state index is 5.61. The number of nitrogens with zero attached hydrogens (tertiary/aromatic N) is 2. The Kier molecular flexibility index (Phi) is 2.31. The van der Waals surface area contributed by atoms with Crippen LogP contribution >= 0.6 is 11.3 Å². The Morgan fingerprint density at radius 2 is 1.79 bits per heavy atom. The molecule has 0 spiro atoms. The Morgan fingerprint density at radius 3 is 2.29 bits per heavy atom. The van der Waals surface area contributed by atoms with Crippen molar-refractivity contribution in [1.29, 1.82) is 0 Å². The highest BCUT2D eigenvalue weighted by molar-refractivity contribution is 7.17. The van der Waals surface area contributed by atoms with Gasteiger partial charge in [-0.1, -0.05) is 39.0 Å². The van der Waals surface area contributed by atoms with Crippen LogP contribution in [0.4, 0.5) is 0 Å². The van der Waals surface area contributed by atoms with Gasteiger partial charge in [0.2, 0.25) is 16.4 Å². The summed E-state index contributed by atoms with van der Waals surface area (Å²) in [6.07, 6.45) is 0. The molecule has 0 saturated heterocycles. The van der Waals surface area contributed by atoms with E-state index in [1.165, 1.54) is 0 Å². The first-order valence-corrected chi connectivity index (χ1v) is 5.66. The normalized spacial score (nSPS) is 12.1. The van der Waals surface area contributed by atoms with Gasteiger partial charge in [0, 0.05) is 11.8 Å². The Bertz CT molecular complexity index is 373. The van der Waals surface area contributed by atoms with E-state index in [4.69, 9.17) is 4.42 Å². The van der Waals surface area contributed by atoms with Crippen molar-refractivity contribution in [1.82, 2.24) is 9.97 Å². The fourth-order valence-electron chi connectivity index (χ4n) is 1.17. The molecule has 0 amide bonds. The predicted molar refractivity (Wildman–Crippen MR) is 57.9 cm³/mol. The molecule has 2 aromatic rings. The number of hydrogen-bond donors (Lipinski definition) is 0. The van der Waals surface area contributed by atoms with Crippen molar-refractivity contribution in [3.05, 3.63) is 10.9 Å². The standard InChI is InChI=1S/C10H14N2OS/c1-5(2)8-11-7-10(13-8)14-9(12-7)6(3)4/h5-6H,1-4H3. The molecule has 2 aromatic heterocycles. The van der Waals surface area contributed by atoms with Crippen LogP contribution in [0.1, 0.15) is 50.4 Å². The Hall–Kier alpha value is -0.900. The number of aromatic nitrogens is 2. The third-order valence-electron chi connectivity index (χ3n) is 2.00. The molecule has 0 fully saturated rings. The molecule has 3 nitrogen and oxygen atoms in total. The SMILES string of the molecule is CC(C)c1nc2nc(C(C)C)sc2o1. The van der Waals surface area contributed by atoms with Gasteiger partial charge in [0.25, 0.3) is 0 Å². The quantitative estimate of drug-likeness (QED) is 0.761. The molecular weight excluding hydrogens is 196 g/mol. The molecule has 4 heteroatoms. The smallest absolute Gasteiger partial charge is 0.229 e. The molecule has 0 aromatic carbocycles. The largest absolute Gasteiger partial charge is 0.428 e. The van der Waals surface area contributed by atoms with Gasteiger partial charge in [-0.15, -0.1) is 0 Å².